The summed E-state index contributed by atoms with van der Waals surface area (Å²) < 4.78 is 12.4. The van der Waals surface area contributed by atoms with Crippen LogP contribution in [0, 0.1) is 0 Å². The summed E-state index contributed by atoms with van der Waals surface area (Å²) in [6, 6.07) is 5.48. The number of hydrogen-bond donors (Lipinski definition) is 1. The summed E-state index contributed by atoms with van der Waals surface area (Å²) in [7, 11) is -0.491. The lowest BCUT2D eigenvalue weighted by Crippen LogP contribution is -2.33. The summed E-state index contributed by atoms with van der Waals surface area (Å²) in [5, 5.41) is 2.87. The summed E-state index contributed by atoms with van der Waals surface area (Å²) in [6.07, 6.45) is 0. The van der Waals surface area contributed by atoms with Crippen LogP contribution < -0.4 is 11.2 Å². The molecule has 2 heterocycles. The van der Waals surface area contributed by atoms with Crippen molar-refractivity contribution in [1.29, 1.82) is 0 Å². The lowest BCUT2D eigenvalue weighted by atomic mass is 9.79. The van der Waals surface area contributed by atoms with Gasteiger partial charge in [-0.05, 0) is 30.7 Å². The van der Waals surface area contributed by atoms with Crippen molar-refractivity contribution in [3.05, 3.63) is 41.5 Å². The minimum atomic E-state index is -0.514. The van der Waals surface area contributed by atoms with E-state index in [1.165, 1.54) is 11.3 Å². The van der Waals surface area contributed by atoms with Gasteiger partial charge in [0, 0.05) is 10.2 Å². The molecule has 1 aromatic heterocycles. The quantitative estimate of drug-likeness (QED) is 0.860. The number of hydrogen-bond acceptors (Lipinski definition) is 4. The average Bonchev–Trinajstić information content (AvgIpc) is 2.90. The molecule has 1 aromatic carbocycles. The number of fused-ring (bicyclic) bond motifs is 1. The highest BCUT2D eigenvalue weighted by atomic mass is 32.1. The zero-order valence-electron chi connectivity index (χ0n) is 11.3. The standard InChI is InChI=1S/C14H14BNO3S/c1-8-14(2,3)19-15(18-8)11-7-20-12-9(11)5-4-6-10(12)13(16)17/h4-7H,1H2,2-3H3,(H2,16,17). The molecule has 0 aliphatic carbocycles. The van der Waals surface area contributed by atoms with Gasteiger partial charge in [-0.15, -0.1) is 11.3 Å². The van der Waals surface area contributed by atoms with Gasteiger partial charge < -0.3 is 15.0 Å². The van der Waals surface area contributed by atoms with Crippen molar-refractivity contribution in [1.82, 2.24) is 0 Å². The Labute approximate surface area is 121 Å². The lowest BCUT2D eigenvalue weighted by molar-refractivity contribution is 0.100. The first-order chi connectivity index (χ1) is 9.40. The molecule has 1 fully saturated rings. The van der Waals surface area contributed by atoms with Crippen molar-refractivity contribution in [2.75, 3.05) is 0 Å². The molecule has 1 aliphatic rings. The summed E-state index contributed by atoms with van der Waals surface area (Å²) in [5.74, 6) is 0.176. The fourth-order valence-electron chi connectivity index (χ4n) is 2.21. The van der Waals surface area contributed by atoms with Crippen LogP contribution in [0.15, 0.2) is 35.9 Å². The Bertz CT molecular complexity index is 722. The van der Waals surface area contributed by atoms with Crippen molar-refractivity contribution < 1.29 is 14.1 Å². The third kappa shape index (κ3) is 1.92. The summed E-state index contributed by atoms with van der Waals surface area (Å²) >= 11 is 1.47. The fraction of sp³-hybridized carbons (Fsp3) is 0.214. The van der Waals surface area contributed by atoms with Crippen LogP contribution in [0.1, 0.15) is 24.2 Å². The van der Waals surface area contributed by atoms with E-state index in [2.05, 4.69) is 6.58 Å². The van der Waals surface area contributed by atoms with Crippen LogP contribution in [0.5, 0.6) is 0 Å². The third-order valence-corrected chi connectivity index (χ3v) is 4.52. The molecule has 2 aromatic rings. The van der Waals surface area contributed by atoms with Gasteiger partial charge in [0.1, 0.15) is 5.60 Å². The predicted octanol–water partition coefficient (Wildman–Crippen LogP) is 2.03. The van der Waals surface area contributed by atoms with E-state index in [-0.39, 0.29) is 0 Å². The van der Waals surface area contributed by atoms with Gasteiger partial charge in [-0.2, -0.15) is 0 Å². The third-order valence-electron chi connectivity index (χ3n) is 3.47. The Morgan fingerprint density at radius 1 is 1.45 bits per heavy atom. The number of rotatable bonds is 2. The number of primary amides is 1. The van der Waals surface area contributed by atoms with E-state index in [0.29, 0.717) is 11.3 Å². The van der Waals surface area contributed by atoms with Crippen molar-refractivity contribution >= 4 is 39.9 Å². The van der Waals surface area contributed by atoms with E-state index in [1.807, 2.05) is 31.4 Å². The molecule has 20 heavy (non-hydrogen) atoms. The minimum absolute atomic E-state index is 0.429. The molecule has 1 amide bonds. The van der Waals surface area contributed by atoms with Crippen molar-refractivity contribution in [3.8, 4) is 0 Å². The summed E-state index contributed by atoms with van der Waals surface area (Å²) in [5.41, 5.74) is 6.31. The molecule has 1 aliphatic heterocycles. The van der Waals surface area contributed by atoms with Gasteiger partial charge in [0.2, 0.25) is 5.91 Å². The van der Waals surface area contributed by atoms with Gasteiger partial charge >= 0.3 is 7.12 Å². The van der Waals surface area contributed by atoms with E-state index in [9.17, 15) is 4.79 Å². The van der Waals surface area contributed by atoms with E-state index in [0.717, 1.165) is 15.5 Å². The minimum Gasteiger partial charge on any atom is -0.534 e. The van der Waals surface area contributed by atoms with Crippen LogP contribution in [-0.2, 0) is 9.31 Å². The molecule has 0 saturated carbocycles. The van der Waals surface area contributed by atoms with Crippen LogP contribution >= 0.6 is 11.3 Å². The molecule has 0 radical (unpaired) electrons. The Balaban J connectivity index is 2.09. The molecular weight excluding hydrogens is 273 g/mol. The van der Waals surface area contributed by atoms with Crippen molar-refractivity contribution in [2.45, 2.75) is 19.4 Å². The smallest absolute Gasteiger partial charge is 0.534 e. The number of carbonyl (C=O) groups excluding carboxylic acids is 1. The molecule has 1 saturated heterocycles. The topological polar surface area (TPSA) is 61.5 Å². The maximum atomic E-state index is 11.5. The second kappa shape index (κ2) is 4.36. The Kier molecular flexibility index (Phi) is 2.88. The van der Waals surface area contributed by atoms with Gasteiger partial charge in [-0.1, -0.05) is 18.7 Å². The van der Waals surface area contributed by atoms with Gasteiger partial charge in [-0.25, -0.2) is 0 Å². The fourth-order valence-corrected chi connectivity index (χ4v) is 3.30. The molecule has 102 valence electrons. The zero-order valence-corrected chi connectivity index (χ0v) is 12.1. The number of amides is 1. The van der Waals surface area contributed by atoms with Crippen LogP contribution in [0.25, 0.3) is 10.1 Å². The predicted molar refractivity (Wildman–Crippen MR) is 81.1 cm³/mol. The normalized spacial score (nSPS) is 17.5. The number of nitrogens with two attached hydrogens (primary N) is 1. The van der Waals surface area contributed by atoms with E-state index >= 15 is 0 Å². The molecule has 6 heteroatoms. The largest absolute Gasteiger partial charge is 0.564 e. The van der Waals surface area contributed by atoms with E-state index in [1.54, 1.807) is 6.07 Å². The maximum absolute atomic E-state index is 11.5. The lowest BCUT2D eigenvalue weighted by Gasteiger charge is -2.15. The van der Waals surface area contributed by atoms with Gasteiger partial charge in [0.05, 0.1) is 11.3 Å². The van der Waals surface area contributed by atoms with Crippen molar-refractivity contribution in [2.24, 2.45) is 5.73 Å². The Morgan fingerprint density at radius 3 is 2.80 bits per heavy atom. The number of carbonyl (C=O) groups is 1. The van der Waals surface area contributed by atoms with Crippen molar-refractivity contribution in [3.63, 3.8) is 0 Å². The van der Waals surface area contributed by atoms with E-state index < -0.39 is 18.6 Å². The summed E-state index contributed by atoms with van der Waals surface area (Å²) in [4.78, 5) is 11.5. The number of thiophene rings is 1. The van der Waals surface area contributed by atoms with E-state index in [4.69, 9.17) is 15.0 Å². The van der Waals surface area contributed by atoms with Gasteiger partial charge in [0.15, 0.2) is 0 Å². The molecule has 3 rings (SSSR count). The molecule has 0 unspecified atom stereocenters. The first-order valence-corrected chi connectivity index (χ1v) is 7.12. The van der Waals surface area contributed by atoms with Gasteiger partial charge in [0.25, 0.3) is 0 Å². The highest BCUT2D eigenvalue weighted by molar-refractivity contribution is 7.19. The monoisotopic (exact) mass is 287 g/mol. The van der Waals surface area contributed by atoms with Crippen LogP contribution in [0.3, 0.4) is 0 Å². The van der Waals surface area contributed by atoms with Crippen LogP contribution in [0.4, 0.5) is 0 Å². The average molecular weight is 287 g/mol. The second-order valence-electron chi connectivity index (χ2n) is 5.24. The maximum Gasteiger partial charge on any atom is 0.564 e. The molecular formula is C14H14BNO3S. The Hall–Kier alpha value is -1.79. The van der Waals surface area contributed by atoms with Crippen LogP contribution in [-0.4, -0.2) is 18.6 Å². The molecule has 2 N–H and O–H groups in total. The molecule has 4 nitrogen and oxygen atoms in total. The second-order valence-corrected chi connectivity index (χ2v) is 6.12. The zero-order chi connectivity index (χ0) is 14.5. The van der Waals surface area contributed by atoms with Gasteiger partial charge in [-0.3, -0.25) is 4.79 Å². The SMILES string of the molecule is C=C1OB(c2csc3c(C(N)=O)cccc23)OC1(C)C. The highest BCUT2D eigenvalue weighted by Crippen LogP contribution is 2.32. The Morgan fingerprint density at radius 2 is 2.20 bits per heavy atom. The van der Waals surface area contributed by atoms with Crippen LogP contribution in [0.2, 0.25) is 0 Å². The highest BCUT2D eigenvalue weighted by Gasteiger charge is 2.43. The first-order valence-electron chi connectivity index (χ1n) is 6.24. The molecule has 0 spiro atoms. The first kappa shape index (κ1) is 13.2. The summed E-state index contributed by atoms with van der Waals surface area (Å²) in [6.45, 7) is 7.71. The molecule has 0 bridgehead atoms. The molecule has 0 atom stereocenters. The number of benzene rings is 1.